The Morgan fingerprint density at radius 1 is 1.08 bits per heavy atom. The van der Waals surface area contributed by atoms with Gasteiger partial charge in [-0.25, -0.2) is 4.98 Å². The van der Waals surface area contributed by atoms with Crippen LogP contribution in [0.3, 0.4) is 0 Å². The largest absolute Gasteiger partial charge is 0.339 e. The molecule has 0 aliphatic carbocycles. The molecule has 1 fully saturated rings. The van der Waals surface area contributed by atoms with E-state index in [9.17, 15) is 9.59 Å². The Morgan fingerprint density at radius 2 is 1.73 bits per heavy atom. The second-order valence-electron chi connectivity index (χ2n) is 7.85. The average Bonchev–Trinajstić information content (AvgIpc) is 3.03. The molecule has 0 unspecified atom stereocenters. The summed E-state index contributed by atoms with van der Waals surface area (Å²) in [6.07, 6.45) is 2.20. The second kappa shape index (κ2) is 7.74. The lowest BCUT2D eigenvalue weighted by Gasteiger charge is -2.37. The number of hydrogen-bond donors (Lipinski definition) is 0. The first kappa shape index (κ1) is 18.8. The summed E-state index contributed by atoms with van der Waals surface area (Å²) in [5.41, 5.74) is 0.683. The molecular formula is C20H27N3O2S. The summed E-state index contributed by atoms with van der Waals surface area (Å²) in [4.78, 5) is 33.2. The van der Waals surface area contributed by atoms with Gasteiger partial charge in [0.05, 0.1) is 15.2 Å². The van der Waals surface area contributed by atoms with Crippen molar-refractivity contribution in [3.63, 3.8) is 0 Å². The molecule has 3 rings (SSSR count). The van der Waals surface area contributed by atoms with E-state index in [2.05, 4.69) is 11.1 Å². The number of nitrogens with zero attached hydrogens (tertiary/aromatic N) is 3. The van der Waals surface area contributed by atoms with Gasteiger partial charge in [0.1, 0.15) is 0 Å². The normalized spacial score (nSPS) is 15.5. The van der Waals surface area contributed by atoms with Crippen molar-refractivity contribution in [2.24, 2.45) is 5.41 Å². The fourth-order valence-electron chi connectivity index (χ4n) is 3.21. The number of carbonyl (C=O) groups excluding carboxylic acids is 2. The first-order valence-electron chi connectivity index (χ1n) is 9.26. The summed E-state index contributed by atoms with van der Waals surface area (Å²) in [5, 5.41) is 1.10. The zero-order chi connectivity index (χ0) is 18.7. The lowest BCUT2D eigenvalue weighted by atomic mass is 9.94. The van der Waals surface area contributed by atoms with Crippen LogP contribution in [0.5, 0.6) is 0 Å². The fourth-order valence-corrected chi connectivity index (χ4v) is 4.22. The molecule has 2 heterocycles. The van der Waals surface area contributed by atoms with Crippen LogP contribution in [-0.2, 0) is 16.0 Å². The Kier molecular flexibility index (Phi) is 5.61. The number of fused-ring (bicyclic) bond motifs is 1. The molecule has 0 radical (unpaired) electrons. The second-order valence-corrected chi connectivity index (χ2v) is 8.97. The van der Waals surface area contributed by atoms with Gasteiger partial charge in [0.15, 0.2) is 0 Å². The number of amides is 2. The molecule has 26 heavy (non-hydrogen) atoms. The van der Waals surface area contributed by atoms with Crippen molar-refractivity contribution in [3.05, 3.63) is 29.3 Å². The van der Waals surface area contributed by atoms with Crippen molar-refractivity contribution in [1.29, 1.82) is 0 Å². The number of para-hydroxylation sites is 1. The number of thiazole rings is 1. The molecule has 140 valence electrons. The Morgan fingerprint density at radius 3 is 2.38 bits per heavy atom. The number of aryl methyl sites for hydroxylation is 1. The molecule has 1 aliphatic rings. The van der Waals surface area contributed by atoms with Crippen LogP contribution in [0.4, 0.5) is 0 Å². The predicted molar refractivity (Wildman–Crippen MR) is 105 cm³/mol. The summed E-state index contributed by atoms with van der Waals surface area (Å²) in [7, 11) is 0. The highest BCUT2D eigenvalue weighted by Crippen LogP contribution is 2.23. The van der Waals surface area contributed by atoms with E-state index in [1.807, 2.05) is 48.8 Å². The van der Waals surface area contributed by atoms with Gasteiger partial charge in [-0.15, -0.1) is 11.3 Å². The van der Waals surface area contributed by atoms with Gasteiger partial charge in [-0.2, -0.15) is 0 Å². The number of hydrogen-bond acceptors (Lipinski definition) is 4. The Bertz CT molecular complexity index is 753. The van der Waals surface area contributed by atoms with E-state index >= 15 is 0 Å². The summed E-state index contributed by atoms with van der Waals surface area (Å²) >= 11 is 1.71. The minimum atomic E-state index is -0.358. The van der Waals surface area contributed by atoms with Crippen LogP contribution in [0.15, 0.2) is 24.3 Å². The molecule has 0 atom stereocenters. The maximum Gasteiger partial charge on any atom is 0.228 e. The zero-order valence-electron chi connectivity index (χ0n) is 15.8. The van der Waals surface area contributed by atoms with Crippen molar-refractivity contribution in [3.8, 4) is 0 Å². The number of benzene rings is 1. The van der Waals surface area contributed by atoms with Crippen molar-refractivity contribution in [2.45, 2.75) is 40.0 Å². The minimum absolute atomic E-state index is 0.167. The standard InChI is InChI=1S/C20H27N3O2S/c1-20(2,3)19(25)23-13-11-22(12-14-23)18(24)10-6-9-17-21-15-7-4-5-8-16(15)26-17/h4-5,7-8H,6,9-14H2,1-3H3. The quantitative estimate of drug-likeness (QED) is 0.826. The van der Waals surface area contributed by atoms with Gasteiger partial charge in [-0.3, -0.25) is 9.59 Å². The molecular weight excluding hydrogens is 346 g/mol. The summed E-state index contributed by atoms with van der Waals surface area (Å²) in [6.45, 7) is 8.38. The van der Waals surface area contributed by atoms with Crippen LogP contribution in [0.2, 0.25) is 0 Å². The Labute approximate surface area is 159 Å². The highest BCUT2D eigenvalue weighted by Gasteiger charge is 2.30. The Hall–Kier alpha value is -1.95. The van der Waals surface area contributed by atoms with Crippen LogP contribution < -0.4 is 0 Å². The topological polar surface area (TPSA) is 53.5 Å². The van der Waals surface area contributed by atoms with Crippen molar-refractivity contribution in [2.75, 3.05) is 26.2 Å². The third-order valence-electron chi connectivity index (χ3n) is 4.68. The number of rotatable bonds is 4. The zero-order valence-corrected chi connectivity index (χ0v) is 16.6. The molecule has 2 aromatic rings. The molecule has 0 bridgehead atoms. The lowest BCUT2D eigenvalue weighted by molar-refractivity contribution is -0.144. The van der Waals surface area contributed by atoms with E-state index in [1.165, 1.54) is 4.70 Å². The molecule has 0 spiro atoms. The van der Waals surface area contributed by atoms with Gasteiger partial charge < -0.3 is 9.80 Å². The van der Waals surface area contributed by atoms with Gasteiger partial charge in [-0.05, 0) is 25.0 Å². The van der Waals surface area contributed by atoms with Crippen LogP contribution in [0.1, 0.15) is 38.6 Å². The molecule has 1 saturated heterocycles. The minimum Gasteiger partial charge on any atom is -0.339 e. The van der Waals surface area contributed by atoms with Crippen LogP contribution in [0.25, 0.3) is 10.2 Å². The molecule has 1 aromatic carbocycles. The van der Waals surface area contributed by atoms with Crippen LogP contribution >= 0.6 is 11.3 Å². The van der Waals surface area contributed by atoms with E-state index in [4.69, 9.17) is 0 Å². The fraction of sp³-hybridized carbons (Fsp3) is 0.550. The summed E-state index contributed by atoms with van der Waals surface area (Å²) in [6, 6.07) is 8.14. The van der Waals surface area contributed by atoms with Crippen LogP contribution in [-0.4, -0.2) is 52.8 Å². The molecule has 0 N–H and O–H groups in total. The predicted octanol–water partition coefficient (Wildman–Crippen LogP) is 3.34. The highest BCUT2D eigenvalue weighted by atomic mass is 32.1. The number of carbonyl (C=O) groups is 2. The van der Waals surface area contributed by atoms with E-state index in [0.29, 0.717) is 32.6 Å². The van der Waals surface area contributed by atoms with Gasteiger partial charge >= 0.3 is 0 Å². The van der Waals surface area contributed by atoms with Crippen molar-refractivity contribution < 1.29 is 9.59 Å². The van der Waals surface area contributed by atoms with Crippen molar-refractivity contribution in [1.82, 2.24) is 14.8 Å². The molecule has 5 nitrogen and oxygen atoms in total. The maximum absolute atomic E-state index is 12.4. The van der Waals surface area contributed by atoms with Gasteiger partial charge in [0, 0.05) is 38.0 Å². The third kappa shape index (κ3) is 4.41. The van der Waals surface area contributed by atoms with E-state index < -0.39 is 0 Å². The number of aromatic nitrogens is 1. The first-order chi connectivity index (χ1) is 12.3. The smallest absolute Gasteiger partial charge is 0.228 e. The molecule has 1 aliphatic heterocycles. The average molecular weight is 374 g/mol. The first-order valence-corrected chi connectivity index (χ1v) is 10.1. The van der Waals surface area contributed by atoms with E-state index in [1.54, 1.807) is 11.3 Å². The summed E-state index contributed by atoms with van der Waals surface area (Å²) < 4.78 is 1.20. The molecule has 2 amide bonds. The van der Waals surface area contributed by atoms with Crippen LogP contribution in [0, 0.1) is 5.41 Å². The molecule has 0 saturated carbocycles. The maximum atomic E-state index is 12.4. The van der Waals surface area contributed by atoms with Gasteiger partial charge in [0.25, 0.3) is 0 Å². The van der Waals surface area contributed by atoms with Gasteiger partial charge in [-0.1, -0.05) is 32.9 Å². The summed E-state index contributed by atoms with van der Waals surface area (Å²) in [5.74, 6) is 0.356. The monoisotopic (exact) mass is 373 g/mol. The van der Waals surface area contributed by atoms with E-state index in [0.717, 1.165) is 23.4 Å². The Balaban J connectivity index is 1.44. The van der Waals surface area contributed by atoms with Gasteiger partial charge in [0.2, 0.25) is 11.8 Å². The lowest BCUT2D eigenvalue weighted by Crippen LogP contribution is -2.53. The van der Waals surface area contributed by atoms with E-state index in [-0.39, 0.29) is 17.2 Å². The highest BCUT2D eigenvalue weighted by molar-refractivity contribution is 7.18. The number of piperazine rings is 1. The molecule has 6 heteroatoms. The van der Waals surface area contributed by atoms with Crippen molar-refractivity contribution >= 4 is 33.4 Å². The SMILES string of the molecule is CC(C)(C)C(=O)N1CCN(C(=O)CCCc2nc3ccccc3s2)CC1. The third-order valence-corrected chi connectivity index (χ3v) is 5.78. The molecule has 1 aromatic heterocycles.